The first-order valence-corrected chi connectivity index (χ1v) is 5.37. The Balaban J connectivity index is 2.38. The van der Waals surface area contributed by atoms with E-state index in [2.05, 4.69) is 0 Å². The third kappa shape index (κ3) is 2.62. The van der Waals surface area contributed by atoms with E-state index in [1.165, 1.54) is 18.2 Å². The van der Waals surface area contributed by atoms with Gasteiger partial charge < -0.3 is 10.2 Å². The Hall–Kier alpha value is -2.24. The number of carbonyl (C=O) groups excluding carboxylic acids is 1. The minimum Gasteiger partial charge on any atom is -0.461 e. The molecule has 0 saturated heterocycles. The van der Waals surface area contributed by atoms with Crippen LogP contribution in [0.4, 0.5) is 13.2 Å². The van der Waals surface area contributed by atoms with Crippen molar-refractivity contribution in [2.45, 2.75) is 13.1 Å². The molecule has 3 nitrogen and oxygen atoms in total. The molecular weight excluding hydrogens is 259 g/mol. The molecule has 0 saturated carbocycles. The molecule has 0 bridgehead atoms. The van der Waals surface area contributed by atoms with E-state index in [4.69, 9.17) is 10.2 Å². The molecule has 6 heteroatoms. The topological polar surface area (TPSA) is 56.2 Å². The summed E-state index contributed by atoms with van der Waals surface area (Å²) in [6, 6.07) is 5.90. The molecule has 0 aliphatic heterocycles. The quantitative estimate of drug-likeness (QED) is 0.908. The lowest BCUT2D eigenvalue weighted by Crippen LogP contribution is -2.10. The van der Waals surface area contributed by atoms with Gasteiger partial charge in [0.1, 0.15) is 11.5 Å². The van der Waals surface area contributed by atoms with Crippen molar-refractivity contribution in [1.82, 2.24) is 0 Å². The van der Waals surface area contributed by atoms with E-state index in [0.29, 0.717) is 17.1 Å². The second-order valence-corrected chi connectivity index (χ2v) is 4.02. The van der Waals surface area contributed by atoms with Crippen molar-refractivity contribution in [3.05, 3.63) is 47.2 Å². The molecule has 2 rings (SSSR count). The van der Waals surface area contributed by atoms with Crippen molar-refractivity contribution in [2.24, 2.45) is 5.73 Å². The summed E-state index contributed by atoms with van der Waals surface area (Å²) >= 11 is 0. The van der Waals surface area contributed by atoms with Crippen LogP contribution in [0.15, 0.2) is 34.7 Å². The van der Waals surface area contributed by atoms with Crippen molar-refractivity contribution >= 4 is 5.91 Å². The molecule has 0 aliphatic rings. The van der Waals surface area contributed by atoms with Crippen LogP contribution in [-0.2, 0) is 6.18 Å². The highest BCUT2D eigenvalue weighted by Crippen LogP contribution is 2.32. The van der Waals surface area contributed by atoms with Gasteiger partial charge in [0, 0.05) is 5.56 Å². The van der Waals surface area contributed by atoms with Gasteiger partial charge in [-0.15, -0.1) is 0 Å². The van der Waals surface area contributed by atoms with Gasteiger partial charge >= 0.3 is 6.18 Å². The number of furan rings is 1. The van der Waals surface area contributed by atoms with Crippen LogP contribution < -0.4 is 5.73 Å². The molecular formula is C13H10F3NO2. The van der Waals surface area contributed by atoms with Crippen molar-refractivity contribution in [3.8, 4) is 11.3 Å². The molecule has 0 radical (unpaired) electrons. The summed E-state index contributed by atoms with van der Waals surface area (Å²) in [7, 11) is 0. The zero-order valence-corrected chi connectivity index (χ0v) is 9.91. The maximum Gasteiger partial charge on any atom is 0.416 e. The predicted octanol–water partition coefficient (Wildman–Crippen LogP) is 3.37. The first kappa shape index (κ1) is 13.2. The number of primary amides is 1. The van der Waals surface area contributed by atoms with Crippen LogP contribution in [0.2, 0.25) is 0 Å². The third-order valence-corrected chi connectivity index (χ3v) is 2.68. The highest BCUT2D eigenvalue weighted by atomic mass is 19.4. The Morgan fingerprint density at radius 2 is 1.79 bits per heavy atom. The maximum absolute atomic E-state index is 12.4. The fourth-order valence-electron chi connectivity index (χ4n) is 1.69. The Bertz CT molecular complexity index is 612. The average molecular weight is 269 g/mol. The first-order chi connectivity index (χ1) is 8.79. The van der Waals surface area contributed by atoms with Gasteiger partial charge in [-0.3, -0.25) is 4.79 Å². The van der Waals surface area contributed by atoms with E-state index in [9.17, 15) is 18.0 Å². The lowest BCUT2D eigenvalue weighted by molar-refractivity contribution is -0.137. The summed E-state index contributed by atoms with van der Waals surface area (Å²) in [5.74, 6) is 0.00170. The van der Waals surface area contributed by atoms with Crippen LogP contribution in [0.3, 0.4) is 0 Å². The molecule has 0 spiro atoms. The Morgan fingerprint density at radius 3 is 2.21 bits per heavy atom. The fourth-order valence-corrected chi connectivity index (χ4v) is 1.69. The third-order valence-electron chi connectivity index (χ3n) is 2.68. The number of hydrogen-bond acceptors (Lipinski definition) is 2. The average Bonchev–Trinajstić information content (AvgIpc) is 2.70. The Kier molecular flexibility index (Phi) is 3.09. The molecule has 2 aromatic rings. The highest BCUT2D eigenvalue weighted by Gasteiger charge is 2.30. The number of rotatable bonds is 2. The predicted molar refractivity (Wildman–Crippen MR) is 62.4 cm³/mol. The Labute approximate surface area is 106 Å². The van der Waals surface area contributed by atoms with Crippen LogP contribution in [0.1, 0.15) is 21.7 Å². The van der Waals surface area contributed by atoms with Crippen molar-refractivity contribution in [1.29, 1.82) is 0 Å². The van der Waals surface area contributed by atoms with E-state index in [-0.39, 0.29) is 5.56 Å². The van der Waals surface area contributed by atoms with Crippen molar-refractivity contribution in [3.63, 3.8) is 0 Å². The van der Waals surface area contributed by atoms with Crippen LogP contribution >= 0.6 is 0 Å². The number of benzene rings is 1. The summed E-state index contributed by atoms with van der Waals surface area (Å²) in [4.78, 5) is 11.1. The van der Waals surface area contributed by atoms with E-state index >= 15 is 0 Å². The molecule has 1 heterocycles. The first-order valence-electron chi connectivity index (χ1n) is 5.37. The zero-order valence-electron chi connectivity index (χ0n) is 9.91. The van der Waals surface area contributed by atoms with E-state index in [1.54, 1.807) is 6.92 Å². The number of halogens is 3. The van der Waals surface area contributed by atoms with Gasteiger partial charge in [-0.1, -0.05) is 12.1 Å². The van der Waals surface area contributed by atoms with Crippen LogP contribution in [0.5, 0.6) is 0 Å². The number of nitrogens with two attached hydrogens (primary N) is 1. The van der Waals surface area contributed by atoms with E-state index < -0.39 is 17.6 Å². The fraction of sp³-hybridized carbons (Fsp3) is 0.154. The second-order valence-electron chi connectivity index (χ2n) is 4.02. The van der Waals surface area contributed by atoms with Gasteiger partial charge in [0.25, 0.3) is 5.91 Å². The van der Waals surface area contributed by atoms with Gasteiger partial charge in [-0.25, -0.2) is 0 Å². The summed E-state index contributed by atoms with van der Waals surface area (Å²) in [5, 5.41) is 0. The van der Waals surface area contributed by atoms with Gasteiger partial charge in [0.05, 0.1) is 11.1 Å². The SMILES string of the molecule is Cc1oc(-c2ccc(C(F)(F)F)cc2)cc1C(N)=O. The number of amides is 1. The lowest BCUT2D eigenvalue weighted by Gasteiger charge is -2.06. The molecule has 1 aromatic heterocycles. The molecule has 1 aromatic carbocycles. The minimum atomic E-state index is -4.38. The lowest BCUT2D eigenvalue weighted by atomic mass is 10.1. The molecule has 0 aliphatic carbocycles. The van der Waals surface area contributed by atoms with Gasteiger partial charge in [0.2, 0.25) is 0 Å². The summed E-state index contributed by atoms with van der Waals surface area (Å²) < 4.78 is 42.5. The summed E-state index contributed by atoms with van der Waals surface area (Å²) in [5.41, 5.74) is 5.06. The molecule has 0 unspecified atom stereocenters. The van der Waals surface area contributed by atoms with Gasteiger partial charge in [0.15, 0.2) is 0 Å². The Morgan fingerprint density at radius 1 is 1.21 bits per heavy atom. The van der Waals surface area contributed by atoms with E-state index in [1.807, 2.05) is 0 Å². The highest BCUT2D eigenvalue weighted by molar-refractivity contribution is 5.94. The van der Waals surface area contributed by atoms with Gasteiger partial charge in [-0.2, -0.15) is 13.2 Å². The molecule has 19 heavy (non-hydrogen) atoms. The molecule has 0 fully saturated rings. The largest absolute Gasteiger partial charge is 0.461 e. The van der Waals surface area contributed by atoms with Crippen molar-refractivity contribution in [2.75, 3.05) is 0 Å². The zero-order chi connectivity index (χ0) is 14.2. The smallest absolute Gasteiger partial charge is 0.416 e. The number of carbonyl (C=O) groups is 1. The second kappa shape index (κ2) is 4.46. The number of hydrogen-bond donors (Lipinski definition) is 1. The number of aryl methyl sites for hydroxylation is 1. The van der Waals surface area contributed by atoms with Crippen LogP contribution in [0.25, 0.3) is 11.3 Å². The molecule has 2 N–H and O–H groups in total. The summed E-state index contributed by atoms with van der Waals surface area (Å²) in [6.07, 6.45) is -4.38. The van der Waals surface area contributed by atoms with Crippen molar-refractivity contribution < 1.29 is 22.4 Å². The minimum absolute atomic E-state index is 0.217. The molecule has 100 valence electrons. The normalized spacial score (nSPS) is 11.6. The number of alkyl halides is 3. The van der Waals surface area contributed by atoms with Gasteiger partial charge in [-0.05, 0) is 25.1 Å². The molecule has 0 atom stereocenters. The van der Waals surface area contributed by atoms with Crippen LogP contribution in [-0.4, -0.2) is 5.91 Å². The maximum atomic E-state index is 12.4. The summed E-state index contributed by atoms with van der Waals surface area (Å²) in [6.45, 7) is 1.56. The van der Waals surface area contributed by atoms with E-state index in [0.717, 1.165) is 12.1 Å². The standard InChI is InChI=1S/C13H10F3NO2/c1-7-10(12(17)18)6-11(19-7)8-2-4-9(5-3-8)13(14,15)16/h2-6H,1H3,(H2,17,18). The molecule has 1 amide bonds. The van der Waals surface area contributed by atoms with Crippen LogP contribution in [0, 0.1) is 6.92 Å². The monoisotopic (exact) mass is 269 g/mol.